The zero-order chi connectivity index (χ0) is 83.1. The van der Waals surface area contributed by atoms with Gasteiger partial charge in [0.1, 0.15) is 11.2 Å². The van der Waals surface area contributed by atoms with Crippen molar-refractivity contribution >= 4 is 184 Å². The van der Waals surface area contributed by atoms with E-state index >= 15 is 0 Å². The summed E-state index contributed by atoms with van der Waals surface area (Å²) in [4.78, 5) is 40.6. The van der Waals surface area contributed by atoms with Crippen LogP contribution < -0.4 is 47.2 Å². The van der Waals surface area contributed by atoms with Gasteiger partial charge in [-0.05, 0) is 88.4 Å². The van der Waals surface area contributed by atoms with E-state index in [9.17, 15) is 0 Å². The maximum atomic E-state index is 6.61. The quantitative estimate of drug-likeness (QED) is 0.115. The SMILES string of the molecule is c1ccc(B2c3c(n(-c4ccccc4)c4ccccc34)-c3c(sc4ccccc34)N2c2ccccc2)cc1.c1ccc(B2c3c(oc4ccccc34)-c3oc4ccccc4c3N2c2nc(-c3ccccc3)nc(-c3ccccc3)n2)cc1.c1ccc(B2c3c(sc4ccccc34)-c3sc4ccccc4c3N2c2nc(-c3ccccc3)nc(-c3ccccc3)n2)cc1. The minimum Gasteiger partial charge on any atom is -0.453 e. The predicted octanol–water partition coefficient (Wildman–Crippen LogP) is 24.0. The smallest absolute Gasteiger partial charge is 0.336 e. The van der Waals surface area contributed by atoms with Gasteiger partial charge in [0.25, 0.3) is 0 Å². The third kappa shape index (κ3) is 12.7. The Hall–Kier alpha value is -15.6. The summed E-state index contributed by atoms with van der Waals surface area (Å²) in [5.74, 6) is 5.05. The molecule has 0 aliphatic carbocycles. The molecule has 0 saturated carbocycles. The van der Waals surface area contributed by atoms with E-state index in [1.54, 1.807) is 0 Å². The third-order valence-electron chi connectivity index (χ3n) is 24.0. The van der Waals surface area contributed by atoms with Crippen molar-refractivity contribution in [1.29, 1.82) is 0 Å². The summed E-state index contributed by atoms with van der Waals surface area (Å²) >= 11 is 5.63. The largest absolute Gasteiger partial charge is 0.453 e. The number of rotatable bonds is 11. The molecule has 0 unspecified atom stereocenters. The van der Waals surface area contributed by atoms with Crippen molar-refractivity contribution in [2.24, 2.45) is 0 Å². The predicted molar refractivity (Wildman–Crippen MR) is 527 cm³/mol. The van der Waals surface area contributed by atoms with Gasteiger partial charge in [0.05, 0.1) is 32.5 Å². The lowest BCUT2D eigenvalue weighted by Crippen LogP contribution is -2.57. The lowest BCUT2D eigenvalue weighted by Gasteiger charge is -2.36. The topological polar surface area (TPSA) is 118 Å². The maximum Gasteiger partial charge on any atom is 0.336 e. The minimum absolute atomic E-state index is 0.0315. The van der Waals surface area contributed by atoms with Crippen molar-refractivity contribution in [1.82, 2.24) is 34.5 Å². The van der Waals surface area contributed by atoms with Crippen molar-refractivity contribution in [2.75, 3.05) is 14.4 Å². The average molecular weight is 1670 g/mol. The summed E-state index contributed by atoms with van der Waals surface area (Å²) in [5.41, 5.74) is 20.8. The summed E-state index contributed by atoms with van der Waals surface area (Å²) in [6.07, 6.45) is 0. The molecule has 0 N–H and O–H groups in total. The van der Waals surface area contributed by atoms with E-state index in [0.717, 1.165) is 72.3 Å². The molecule has 590 valence electrons. The lowest BCUT2D eigenvalue weighted by atomic mass is 9.46. The molecule has 0 saturated heterocycles. The first kappa shape index (κ1) is 74.3. The molecule has 126 heavy (non-hydrogen) atoms. The van der Waals surface area contributed by atoms with Gasteiger partial charge < -0.3 is 27.8 Å². The molecular formula is C108H69B3N10O2S3. The van der Waals surface area contributed by atoms with E-state index in [-0.39, 0.29) is 20.5 Å². The number of furan rings is 2. The Labute approximate surface area is 738 Å². The van der Waals surface area contributed by atoms with Crippen LogP contribution in [0.5, 0.6) is 0 Å². The average Bonchev–Trinajstić information content (AvgIpc) is 1.54. The van der Waals surface area contributed by atoms with Crippen molar-refractivity contribution in [3.05, 3.63) is 419 Å². The van der Waals surface area contributed by atoms with Crippen LogP contribution in [-0.4, -0.2) is 55.0 Å². The summed E-state index contributed by atoms with van der Waals surface area (Å²) in [6.45, 7) is -0.412. The summed E-state index contributed by atoms with van der Waals surface area (Å²) in [6, 6.07) is 146. The number of thiophene rings is 3. The number of anilines is 6. The molecule has 0 bridgehead atoms. The molecule has 8 aromatic heterocycles. The van der Waals surface area contributed by atoms with Gasteiger partial charge in [0.2, 0.25) is 11.9 Å². The van der Waals surface area contributed by atoms with Gasteiger partial charge in [0.15, 0.2) is 34.8 Å². The number of para-hydroxylation sites is 5. The van der Waals surface area contributed by atoms with Crippen LogP contribution in [0.25, 0.3) is 147 Å². The lowest BCUT2D eigenvalue weighted by molar-refractivity contribution is 0.570. The molecule has 15 aromatic carbocycles. The Morgan fingerprint density at radius 2 is 0.603 bits per heavy atom. The van der Waals surface area contributed by atoms with E-state index in [4.69, 9.17) is 38.7 Å². The molecule has 23 aromatic rings. The molecule has 0 amide bonds. The fourth-order valence-electron chi connectivity index (χ4n) is 18.6. The maximum absolute atomic E-state index is 6.61. The van der Waals surface area contributed by atoms with Crippen LogP contribution in [0.4, 0.5) is 34.0 Å². The normalized spacial score (nSPS) is 12.5. The van der Waals surface area contributed by atoms with E-state index < -0.39 is 0 Å². The van der Waals surface area contributed by atoms with E-state index in [1.807, 2.05) is 174 Å². The second kappa shape index (κ2) is 31.4. The van der Waals surface area contributed by atoms with Gasteiger partial charge in [-0.1, -0.05) is 368 Å². The summed E-state index contributed by atoms with van der Waals surface area (Å²) in [7, 11) is 0. The van der Waals surface area contributed by atoms with Crippen LogP contribution in [0.1, 0.15) is 0 Å². The van der Waals surface area contributed by atoms with Crippen LogP contribution in [0.15, 0.2) is 427 Å². The molecule has 18 heteroatoms. The molecule has 26 rings (SSSR count). The monoisotopic (exact) mass is 1670 g/mol. The number of hydrogen-bond acceptors (Lipinski definition) is 14. The highest BCUT2D eigenvalue weighted by Gasteiger charge is 2.48. The molecule has 0 fully saturated rings. The zero-order valence-corrected chi connectivity index (χ0v) is 70.0. The van der Waals surface area contributed by atoms with Crippen LogP contribution in [0.3, 0.4) is 0 Å². The highest BCUT2D eigenvalue weighted by molar-refractivity contribution is 7.31. The molecular weight excluding hydrogens is 1600 g/mol. The fourth-order valence-corrected chi connectivity index (χ4v) is 22.5. The van der Waals surface area contributed by atoms with Crippen molar-refractivity contribution in [3.63, 3.8) is 0 Å². The minimum atomic E-state index is -0.307. The Morgan fingerprint density at radius 3 is 1.12 bits per heavy atom. The Kier molecular flexibility index (Phi) is 18.5. The molecule has 0 atom stereocenters. The van der Waals surface area contributed by atoms with Crippen LogP contribution in [0.2, 0.25) is 0 Å². The van der Waals surface area contributed by atoms with E-state index in [2.05, 4.69) is 298 Å². The molecule has 3 aliphatic heterocycles. The first-order chi connectivity index (χ1) is 62.6. The van der Waals surface area contributed by atoms with Gasteiger partial charge in [0, 0.05) is 85.2 Å². The number of nitrogens with zero attached hydrogens (tertiary/aromatic N) is 10. The second-order valence-corrected chi connectivity index (χ2v) is 34.5. The summed E-state index contributed by atoms with van der Waals surface area (Å²) in [5, 5.41) is 8.35. The molecule has 12 nitrogen and oxygen atoms in total. The van der Waals surface area contributed by atoms with E-state index in [0.29, 0.717) is 41.0 Å². The van der Waals surface area contributed by atoms with Crippen LogP contribution in [0, 0.1) is 0 Å². The van der Waals surface area contributed by atoms with Gasteiger partial charge in [-0.3, -0.25) is 0 Å². The number of hydrogen-bond donors (Lipinski definition) is 0. The van der Waals surface area contributed by atoms with Crippen molar-refractivity contribution in [2.45, 2.75) is 0 Å². The Bertz CT molecular complexity index is 7580. The number of benzene rings is 15. The standard InChI is InChI=1S/C37H23BN4O2.C37H23BN4S2.C34H23BN2S/c2*1-4-14-24(15-5-1)35-39-36(25-16-6-2-7-17-25)41-37(40-35)42-32-28-21-11-13-23-30(28)44-34(32)33-31(27-20-10-12-22-29(27)43-33)38(42)26-18-8-3-9-19-26;1-4-14-24(15-5-1)35-32-27-20-10-12-22-29(27)36(25-16-6-2-7-17-25)33(32)31-28-21-11-13-23-30(28)38-34(31)37(35)26-18-8-3-9-19-26/h2*1-23H;1-23H. The second-order valence-electron chi connectivity index (χ2n) is 31.4. The third-order valence-corrected chi connectivity index (χ3v) is 27.7. The first-order valence-corrected chi connectivity index (χ1v) is 44.6. The zero-order valence-electron chi connectivity index (χ0n) is 67.6. The van der Waals surface area contributed by atoms with Crippen LogP contribution >= 0.6 is 34.0 Å². The highest BCUT2D eigenvalue weighted by Crippen LogP contribution is 2.55. The van der Waals surface area contributed by atoms with Gasteiger partial charge in [-0.25, -0.2) is 9.97 Å². The molecule has 0 radical (unpaired) electrons. The molecule has 11 heterocycles. The van der Waals surface area contributed by atoms with Crippen molar-refractivity contribution < 1.29 is 8.83 Å². The number of fused-ring (bicyclic) bond motifs is 21. The fraction of sp³-hybridized carbons (Fsp3) is 0. The highest BCUT2D eigenvalue weighted by atomic mass is 32.1. The van der Waals surface area contributed by atoms with Gasteiger partial charge in [-0.15, -0.1) is 34.0 Å². The summed E-state index contributed by atoms with van der Waals surface area (Å²) < 4.78 is 19.5. The number of aromatic nitrogens is 7. The van der Waals surface area contributed by atoms with Gasteiger partial charge in [-0.2, -0.15) is 19.9 Å². The Balaban J connectivity index is 0.000000106. The van der Waals surface area contributed by atoms with Crippen molar-refractivity contribution in [3.8, 4) is 83.8 Å². The Morgan fingerprint density at radius 1 is 0.246 bits per heavy atom. The van der Waals surface area contributed by atoms with Gasteiger partial charge >= 0.3 is 20.5 Å². The first-order valence-electron chi connectivity index (χ1n) is 42.2. The molecule has 3 aliphatic rings. The van der Waals surface area contributed by atoms with Crippen LogP contribution in [-0.2, 0) is 0 Å². The van der Waals surface area contributed by atoms with E-state index in [1.165, 1.54) is 100 Å². The molecule has 0 spiro atoms.